The minimum atomic E-state index is -0.626. The van der Waals surface area contributed by atoms with Crippen LogP contribution in [0.2, 0.25) is 0 Å². The van der Waals surface area contributed by atoms with E-state index in [9.17, 15) is 19.5 Å². The fourth-order valence-corrected chi connectivity index (χ4v) is 3.14. The number of hydrogen-bond acceptors (Lipinski definition) is 4. The first-order valence-electron chi connectivity index (χ1n) is 8.77. The molecule has 0 spiro atoms. The van der Waals surface area contributed by atoms with Gasteiger partial charge in [0.2, 0.25) is 11.8 Å². The molecular formula is C20H21N3O4. The van der Waals surface area contributed by atoms with Crippen molar-refractivity contribution >= 4 is 23.4 Å². The summed E-state index contributed by atoms with van der Waals surface area (Å²) >= 11 is 0. The minimum Gasteiger partial charge on any atom is -0.507 e. The van der Waals surface area contributed by atoms with Crippen LogP contribution in [0.5, 0.6) is 5.75 Å². The van der Waals surface area contributed by atoms with Gasteiger partial charge >= 0.3 is 0 Å². The zero-order chi connectivity index (χ0) is 19.4. The van der Waals surface area contributed by atoms with Gasteiger partial charge in [-0.15, -0.1) is 0 Å². The first-order valence-corrected chi connectivity index (χ1v) is 8.77. The standard InChI is InChI=1S/C20H21N3O4/c1-2-13-7-3-5-9-16(13)23-12-14(11-18(23)25)19(26)21-22-20(27)15-8-4-6-10-17(15)24/h3-10,14,24H,2,11-12H2,1H3,(H,21,26)(H,22,27). The molecule has 7 nitrogen and oxygen atoms in total. The van der Waals surface area contributed by atoms with Crippen LogP contribution in [0.15, 0.2) is 48.5 Å². The van der Waals surface area contributed by atoms with Crippen LogP contribution in [0.25, 0.3) is 0 Å². The number of aryl methyl sites for hydroxylation is 1. The van der Waals surface area contributed by atoms with Crippen molar-refractivity contribution < 1.29 is 19.5 Å². The predicted molar refractivity (Wildman–Crippen MR) is 100.0 cm³/mol. The lowest BCUT2D eigenvalue weighted by Gasteiger charge is -2.20. The lowest BCUT2D eigenvalue weighted by atomic mass is 10.1. The third-order valence-electron chi connectivity index (χ3n) is 4.61. The first-order chi connectivity index (χ1) is 13.0. The molecule has 27 heavy (non-hydrogen) atoms. The molecule has 1 fully saturated rings. The number of anilines is 1. The third kappa shape index (κ3) is 3.92. The number of hydrogen-bond donors (Lipinski definition) is 3. The third-order valence-corrected chi connectivity index (χ3v) is 4.61. The summed E-state index contributed by atoms with van der Waals surface area (Å²) in [4.78, 5) is 38.4. The molecule has 1 saturated heterocycles. The molecule has 7 heteroatoms. The summed E-state index contributed by atoms with van der Waals surface area (Å²) in [6.07, 6.45) is 0.865. The van der Waals surface area contributed by atoms with Gasteiger partial charge in [0.25, 0.3) is 5.91 Å². The number of hydrazine groups is 1. The maximum atomic E-state index is 12.4. The predicted octanol–water partition coefficient (Wildman–Crippen LogP) is 1.77. The summed E-state index contributed by atoms with van der Waals surface area (Å²) in [5.41, 5.74) is 6.54. The summed E-state index contributed by atoms with van der Waals surface area (Å²) in [5, 5.41) is 9.68. The van der Waals surface area contributed by atoms with Gasteiger partial charge in [-0.05, 0) is 30.2 Å². The van der Waals surface area contributed by atoms with Crippen LogP contribution in [0.3, 0.4) is 0 Å². The number of nitrogens with zero attached hydrogens (tertiary/aromatic N) is 1. The summed E-state index contributed by atoms with van der Waals surface area (Å²) in [6.45, 7) is 2.27. The van der Waals surface area contributed by atoms with Crippen molar-refractivity contribution in [2.45, 2.75) is 19.8 Å². The van der Waals surface area contributed by atoms with E-state index in [1.807, 2.05) is 31.2 Å². The second-order valence-electron chi connectivity index (χ2n) is 6.35. The molecule has 1 atom stereocenters. The van der Waals surface area contributed by atoms with E-state index < -0.39 is 17.7 Å². The Bertz CT molecular complexity index is 881. The Morgan fingerprint density at radius 1 is 1.11 bits per heavy atom. The molecule has 0 radical (unpaired) electrons. The van der Waals surface area contributed by atoms with Gasteiger partial charge in [0.15, 0.2) is 0 Å². The molecule has 1 aliphatic rings. The topological polar surface area (TPSA) is 98.7 Å². The number of aromatic hydroxyl groups is 1. The molecule has 2 aromatic carbocycles. The maximum absolute atomic E-state index is 12.4. The van der Waals surface area contributed by atoms with Crippen molar-refractivity contribution in [2.24, 2.45) is 5.92 Å². The van der Waals surface area contributed by atoms with Crippen molar-refractivity contribution in [2.75, 3.05) is 11.4 Å². The molecule has 1 unspecified atom stereocenters. The van der Waals surface area contributed by atoms with E-state index in [1.54, 1.807) is 17.0 Å². The molecule has 0 aromatic heterocycles. The number of para-hydroxylation sites is 2. The highest BCUT2D eigenvalue weighted by atomic mass is 16.3. The van der Waals surface area contributed by atoms with Gasteiger partial charge in [-0.2, -0.15) is 0 Å². The fourth-order valence-electron chi connectivity index (χ4n) is 3.14. The average molecular weight is 367 g/mol. The largest absolute Gasteiger partial charge is 0.507 e. The SMILES string of the molecule is CCc1ccccc1N1CC(C(=O)NNC(=O)c2ccccc2O)CC1=O. The Hall–Kier alpha value is -3.35. The second kappa shape index (κ2) is 7.90. The van der Waals surface area contributed by atoms with Crippen molar-refractivity contribution in [3.05, 3.63) is 59.7 Å². The molecule has 3 amide bonds. The van der Waals surface area contributed by atoms with Crippen LogP contribution in [0.1, 0.15) is 29.3 Å². The van der Waals surface area contributed by atoms with Gasteiger partial charge in [0, 0.05) is 18.7 Å². The molecule has 0 aliphatic carbocycles. The molecule has 1 aliphatic heterocycles. The van der Waals surface area contributed by atoms with E-state index in [0.29, 0.717) is 0 Å². The molecular weight excluding hydrogens is 346 g/mol. The molecule has 3 rings (SSSR count). The fraction of sp³-hybridized carbons (Fsp3) is 0.250. The van der Waals surface area contributed by atoms with Crippen molar-refractivity contribution in [3.63, 3.8) is 0 Å². The highest BCUT2D eigenvalue weighted by Gasteiger charge is 2.36. The van der Waals surface area contributed by atoms with E-state index in [4.69, 9.17) is 0 Å². The highest BCUT2D eigenvalue weighted by molar-refractivity contribution is 6.02. The number of nitrogens with one attached hydrogen (secondary N) is 2. The summed E-state index contributed by atoms with van der Waals surface area (Å²) in [5.74, 6) is -1.93. The number of amides is 3. The van der Waals surface area contributed by atoms with E-state index in [0.717, 1.165) is 17.7 Å². The number of carbonyl (C=O) groups is 3. The quantitative estimate of drug-likeness (QED) is 0.717. The smallest absolute Gasteiger partial charge is 0.273 e. The Morgan fingerprint density at radius 3 is 2.56 bits per heavy atom. The van der Waals surface area contributed by atoms with Crippen LogP contribution in [-0.2, 0) is 16.0 Å². The Labute approximate surface area is 157 Å². The highest BCUT2D eigenvalue weighted by Crippen LogP contribution is 2.28. The van der Waals surface area contributed by atoms with Gasteiger partial charge in [0.05, 0.1) is 11.5 Å². The lowest BCUT2D eigenvalue weighted by molar-refractivity contribution is -0.126. The van der Waals surface area contributed by atoms with E-state index in [1.165, 1.54) is 12.1 Å². The molecule has 1 heterocycles. The van der Waals surface area contributed by atoms with E-state index in [-0.39, 0.29) is 30.2 Å². The van der Waals surface area contributed by atoms with Crippen molar-refractivity contribution in [1.82, 2.24) is 10.9 Å². The van der Waals surface area contributed by atoms with Crippen molar-refractivity contribution in [3.8, 4) is 5.75 Å². The van der Waals surface area contributed by atoms with Gasteiger partial charge in [-0.25, -0.2) is 0 Å². The number of phenolic OH excluding ortho intramolecular Hbond substituents is 1. The molecule has 140 valence electrons. The molecule has 0 bridgehead atoms. The Kier molecular flexibility index (Phi) is 5.40. The van der Waals surface area contributed by atoms with Crippen LogP contribution < -0.4 is 15.8 Å². The zero-order valence-electron chi connectivity index (χ0n) is 14.9. The van der Waals surface area contributed by atoms with Crippen LogP contribution >= 0.6 is 0 Å². The van der Waals surface area contributed by atoms with E-state index in [2.05, 4.69) is 10.9 Å². The molecule has 0 saturated carbocycles. The minimum absolute atomic E-state index is 0.0544. The molecule has 2 aromatic rings. The summed E-state index contributed by atoms with van der Waals surface area (Å²) in [7, 11) is 0. The monoisotopic (exact) mass is 367 g/mol. The molecule has 3 N–H and O–H groups in total. The van der Waals surface area contributed by atoms with Crippen molar-refractivity contribution in [1.29, 1.82) is 0 Å². The number of benzene rings is 2. The van der Waals surface area contributed by atoms with Crippen LogP contribution in [0, 0.1) is 5.92 Å². The van der Waals surface area contributed by atoms with Gasteiger partial charge < -0.3 is 10.0 Å². The van der Waals surface area contributed by atoms with E-state index >= 15 is 0 Å². The van der Waals surface area contributed by atoms with Gasteiger partial charge in [-0.1, -0.05) is 37.3 Å². The lowest BCUT2D eigenvalue weighted by Crippen LogP contribution is -2.45. The maximum Gasteiger partial charge on any atom is 0.273 e. The van der Waals surface area contributed by atoms with Crippen LogP contribution in [0.4, 0.5) is 5.69 Å². The average Bonchev–Trinajstić information content (AvgIpc) is 3.07. The number of carbonyl (C=O) groups excluding carboxylic acids is 3. The first kappa shape index (κ1) is 18.4. The zero-order valence-corrected chi connectivity index (χ0v) is 14.9. The number of rotatable bonds is 4. The number of phenols is 1. The van der Waals surface area contributed by atoms with Gasteiger partial charge in [-0.3, -0.25) is 25.2 Å². The Balaban J connectivity index is 1.62. The Morgan fingerprint density at radius 2 is 1.81 bits per heavy atom. The normalized spacial score (nSPS) is 16.3. The van der Waals surface area contributed by atoms with Crippen LogP contribution in [-0.4, -0.2) is 29.4 Å². The summed E-state index contributed by atoms with van der Waals surface area (Å²) in [6, 6.07) is 13.6. The van der Waals surface area contributed by atoms with Gasteiger partial charge in [0.1, 0.15) is 5.75 Å². The second-order valence-corrected chi connectivity index (χ2v) is 6.35. The summed E-state index contributed by atoms with van der Waals surface area (Å²) < 4.78 is 0.